The molecule has 1 amide bonds. The number of thioether (sulfide) groups is 1. The molecule has 2 atom stereocenters. The predicted molar refractivity (Wildman–Crippen MR) is 87.8 cm³/mol. The molecule has 0 aliphatic carbocycles. The van der Waals surface area contributed by atoms with Crippen LogP contribution in [0.1, 0.15) is 37.0 Å². The van der Waals surface area contributed by atoms with Crippen molar-refractivity contribution in [1.82, 2.24) is 14.8 Å². The van der Waals surface area contributed by atoms with Crippen LogP contribution in [-0.4, -0.2) is 59.2 Å². The molecule has 1 saturated heterocycles. The highest BCUT2D eigenvalue weighted by Gasteiger charge is 2.28. The molecule has 2 heterocycles. The maximum Gasteiger partial charge on any atom is 0.253 e. The predicted octanol–water partition coefficient (Wildman–Crippen LogP) is 2.75. The lowest BCUT2D eigenvalue weighted by Gasteiger charge is -2.39. The zero-order valence-corrected chi connectivity index (χ0v) is 14.2. The molecule has 116 valence electrons. The van der Waals surface area contributed by atoms with Crippen molar-refractivity contribution in [1.29, 1.82) is 0 Å². The normalized spacial score (nSPS) is 23.0. The molecule has 1 aromatic rings. The van der Waals surface area contributed by atoms with Crippen molar-refractivity contribution in [3.63, 3.8) is 0 Å². The van der Waals surface area contributed by atoms with Crippen LogP contribution in [0.3, 0.4) is 0 Å². The summed E-state index contributed by atoms with van der Waals surface area (Å²) in [5, 5.41) is 0.925. The van der Waals surface area contributed by atoms with E-state index < -0.39 is 0 Å². The summed E-state index contributed by atoms with van der Waals surface area (Å²) in [4.78, 5) is 21.2. The summed E-state index contributed by atoms with van der Waals surface area (Å²) in [7, 11) is 4.08. The Morgan fingerprint density at radius 3 is 3.00 bits per heavy atom. The van der Waals surface area contributed by atoms with Gasteiger partial charge in [0.05, 0.1) is 5.03 Å². The molecule has 0 radical (unpaired) electrons. The molecule has 4 nitrogen and oxygen atoms in total. The molecule has 5 heteroatoms. The SMILES string of the molecule is CCSc1cc(C(=O)N(C)[C@@H]2CCN(C)[C@@H](C)C2)ccn1. The van der Waals surface area contributed by atoms with Gasteiger partial charge in [-0.15, -0.1) is 11.8 Å². The Morgan fingerprint density at radius 1 is 1.57 bits per heavy atom. The van der Waals surface area contributed by atoms with Crippen molar-refractivity contribution in [3.8, 4) is 0 Å². The van der Waals surface area contributed by atoms with Gasteiger partial charge in [0.2, 0.25) is 0 Å². The van der Waals surface area contributed by atoms with Gasteiger partial charge in [-0.2, -0.15) is 0 Å². The topological polar surface area (TPSA) is 36.4 Å². The number of likely N-dealkylation sites (tertiary alicyclic amines) is 1. The first-order chi connectivity index (χ1) is 10.0. The second kappa shape index (κ2) is 7.27. The number of piperidine rings is 1. The minimum Gasteiger partial charge on any atom is -0.339 e. The maximum atomic E-state index is 12.7. The lowest BCUT2D eigenvalue weighted by atomic mass is 9.97. The second-order valence-electron chi connectivity index (χ2n) is 5.74. The summed E-state index contributed by atoms with van der Waals surface area (Å²) in [6, 6.07) is 4.59. The van der Waals surface area contributed by atoms with E-state index in [0.717, 1.165) is 35.7 Å². The zero-order valence-electron chi connectivity index (χ0n) is 13.4. The van der Waals surface area contributed by atoms with Gasteiger partial charge in [-0.05, 0) is 44.7 Å². The molecule has 0 unspecified atom stereocenters. The maximum absolute atomic E-state index is 12.7. The van der Waals surface area contributed by atoms with Gasteiger partial charge in [-0.3, -0.25) is 4.79 Å². The molecule has 0 N–H and O–H groups in total. The van der Waals surface area contributed by atoms with Crippen molar-refractivity contribution in [3.05, 3.63) is 23.9 Å². The Morgan fingerprint density at radius 2 is 2.33 bits per heavy atom. The van der Waals surface area contributed by atoms with Crippen molar-refractivity contribution in [2.75, 3.05) is 26.4 Å². The number of amides is 1. The summed E-state index contributed by atoms with van der Waals surface area (Å²) in [5.74, 6) is 1.07. The van der Waals surface area contributed by atoms with Gasteiger partial charge < -0.3 is 9.80 Å². The molecule has 0 aromatic carbocycles. The van der Waals surface area contributed by atoms with E-state index in [2.05, 4.69) is 30.8 Å². The monoisotopic (exact) mass is 307 g/mol. The highest BCUT2D eigenvalue weighted by atomic mass is 32.2. The van der Waals surface area contributed by atoms with Gasteiger partial charge in [-0.1, -0.05) is 6.92 Å². The first kappa shape index (κ1) is 16.3. The summed E-state index contributed by atoms with van der Waals surface area (Å²) >= 11 is 1.67. The number of pyridine rings is 1. The Labute approximate surface area is 131 Å². The zero-order chi connectivity index (χ0) is 15.4. The fourth-order valence-corrected chi connectivity index (χ4v) is 3.40. The minimum absolute atomic E-state index is 0.108. The third-order valence-corrected chi connectivity index (χ3v) is 5.13. The molecule has 2 rings (SSSR count). The molecular formula is C16H25N3OS. The van der Waals surface area contributed by atoms with Crippen molar-refractivity contribution >= 4 is 17.7 Å². The van der Waals surface area contributed by atoms with Crippen LogP contribution in [0.25, 0.3) is 0 Å². The van der Waals surface area contributed by atoms with Gasteiger partial charge in [0.25, 0.3) is 5.91 Å². The van der Waals surface area contributed by atoms with E-state index in [1.807, 2.05) is 24.1 Å². The first-order valence-corrected chi connectivity index (χ1v) is 8.57. The molecule has 0 spiro atoms. The number of carbonyl (C=O) groups is 1. The number of nitrogens with zero attached hydrogens (tertiary/aromatic N) is 3. The highest BCUT2D eigenvalue weighted by Crippen LogP contribution is 2.22. The number of hydrogen-bond acceptors (Lipinski definition) is 4. The second-order valence-corrected chi connectivity index (χ2v) is 7.02. The van der Waals surface area contributed by atoms with Gasteiger partial charge in [-0.25, -0.2) is 4.98 Å². The molecule has 1 aliphatic rings. The average molecular weight is 307 g/mol. The van der Waals surface area contributed by atoms with E-state index in [0.29, 0.717) is 12.1 Å². The van der Waals surface area contributed by atoms with Gasteiger partial charge in [0, 0.05) is 37.4 Å². The van der Waals surface area contributed by atoms with E-state index in [9.17, 15) is 4.79 Å². The van der Waals surface area contributed by atoms with Crippen LogP contribution in [0.15, 0.2) is 23.4 Å². The van der Waals surface area contributed by atoms with Gasteiger partial charge in [0.15, 0.2) is 0 Å². The Bertz CT molecular complexity index is 494. The fraction of sp³-hybridized carbons (Fsp3) is 0.625. The summed E-state index contributed by atoms with van der Waals surface area (Å²) in [5.41, 5.74) is 0.745. The molecule has 1 fully saturated rings. The van der Waals surface area contributed by atoms with Crippen molar-refractivity contribution < 1.29 is 4.79 Å². The average Bonchev–Trinajstić information content (AvgIpc) is 2.49. The number of carbonyl (C=O) groups excluding carboxylic acids is 1. The van der Waals surface area contributed by atoms with E-state index in [1.54, 1.807) is 18.0 Å². The number of rotatable bonds is 4. The molecule has 0 saturated carbocycles. The van der Waals surface area contributed by atoms with E-state index in [1.165, 1.54) is 0 Å². The fourth-order valence-electron chi connectivity index (χ4n) is 2.76. The number of aromatic nitrogens is 1. The van der Waals surface area contributed by atoms with Crippen LogP contribution in [-0.2, 0) is 0 Å². The Hall–Kier alpha value is -1.07. The molecule has 1 aliphatic heterocycles. The smallest absolute Gasteiger partial charge is 0.253 e. The highest BCUT2D eigenvalue weighted by molar-refractivity contribution is 7.99. The quantitative estimate of drug-likeness (QED) is 0.802. The Balaban J connectivity index is 2.06. The van der Waals surface area contributed by atoms with Crippen LogP contribution in [0.5, 0.6) is 0 Å². The van der Waals surface area contributed by atoms with Crippen molar-refractivity contribution in [2.45, 2.75) is 43.8 Å². The minimum atomic E-state index is 0.108. The molecule has 1 aromatic heterocycles. The summed E-state index contributed by atoms with van der Waals surface area (Å²) < 4.78 is 0. The standard InChI is InChI=1S/C16H25N3OS/c1-5-21-15-11-13(6-8-17-15)16(20)19(4)14-7-9-18(3)12(2)10-14/h6,8,11-12,14H,5,7,9-10H2,1-4H3/t12-,14+/m0/s1. The largest absolute Gasteiger partial charge is 0.339 e. The molecule has 0 bridgehead atoms. The first-order valence-electron chi connectivity index (χ1n) is 7.59. The number of hydrogen-bond donors (Lipinski definition) is 0. The Kier molecular flexibility index (Phi) is 5.65. The van der Waals surface area contributed by atoms with Crippen LogP contribution in [0.4, 0.5) is 0 Å². The van der Waals surface area contributed by atoms with Crippen molar-refractivity contribution in [2.24, 2.45) is 0 Å². The summed E-state index contributed by atoms with van der Waals surface area (Å²) in [6.07, 6.45) is 3.82. The lowest BCUT2D eigenvalue weighted by molar-refractivity contribution is 0.0598. The lowest BCUT2D eigenvalue weighted by Crippen LogP contribution is -2.48. The van der Waals surface area contributed by atoms with Crippen LogP contribution < -0.4 is 0 Å². The third-order valence-electron chi connectivity index (χ3n) is 4.32. The van der Waals surface area contributed by atoms with E-state index in [-0.39, 0.29) is 5.91 Å². The van der Waals surface area contributed by atoms with Gasteiger partial charge in [0.1, 0.15) is 0 Å². The molecular weight excluding hydrogens is 282 g/mol. The van der Waals surface area contributed by atoms with Gasteiger partial charge >= 0.3 is 0 Å². The van der Waals surface area contributed by atoms with E-state index in [4.69, 9.17) is 0 Å². The third kappa shape index (κ3) is 3.98. The van der Waals surface area contributed by atoms with Crippen LogP contribution in [0.2, 0.25) is 0 Å². The summed E-state index contributed by atoms with van der Waals surface area (Å²) in [6.45, 7) is 5.37. The molecule has 21 heavy (non-hydrogen) atoms. The van der Waals surface area contributed by atoms with E-state index >= 15 is 0 Å². The van der Waals surface area contributed by atoms with Crippen LogP contribution in [0, 0.1) is 0 Å². The van der Waals surface area contributed by atoms with Crippen LogP contribution >= 0.6 is 11.8 Å².